The van der Waals surface area contributed by atoms with Gasteiger partial charge < -0.3 is 19.4 Å². The van der Waals surface area contributed by atoms with Crippen molar-refractivity contribution in [2.75, 3.05) is 44.8 Å². The van der Waals surface area contributed by atoms with Crippen molar-refractivity contribution in [3.05, 3.63) is 29.8 Å². The van der Waals surface area contributed by atoms with Crippen LogP contribution in [0.25, 0.3) is 0 Å². The van der Waals surface area contributed by atoms with Crippen LogP contribution in [0.15, 0.2) is 24.3 Å². The minimum absolute atomic E-state index is 0.0926. The van der Waals surface area contributed by atoms with Crippen molar-refractivity contribution >= 4 is 17.5 Å². The van der Waals surface area contributed by atoms with E-state index in [4.69, 9.17) is 4.74 Å². The molecule has 0 aromatic heterocycles. The summed E-state index contributed by atoms with van der Waals surface area (Å²) in [6.45, 7) is 5.78. The topological polar surface area (TPSA) is 53.1 Å². The van der Waals surface area contributed by atoms with Crippen molar-refractivity contribution in [3.63, 3.8) is 0 Å². The maximum absolute atomic E-state index is 13.2. The summed E-state index contributed by atoms with van der Waals surface area (Å²) in [6, 6.07) is 8.31. The predicted molar refractivity (Wildman–Crippen MR) is 108 cm³/mol. The van der Waals surface area contributed by atoms with Gasteiger partial charge >= 0.3 is 0 Å². The second kappa shape index (κ2) is 8.11. The molecule has 0 unspecified atom stereocenters. The molecule has 0 radical (unpaired) electrons. The first-order chi connectivity index (χ1) is 13.6. The number of piperazine rings is 1. The highest BCUT2D eigenvalue weighted by molar-refractivity contribution is 5.95. The van der Waals surface area contributed by atoms with Gasteiger partial charge in [0.2, 0.25) is 5.91 Å². The number of amides is 2. The molecule has 1 aromatic rings. The number of ether oxygens (including phenoxy) is 1. The number of hydrogen-bond acceptors (Lipinski definition) is 4. The molecule has 0 N–H and O–H groups in total. The lowest BCUT2D eigenvalue weighted by Crippen LogP contribution is -2.58. The molecular weight excluding hydrogens is 354 g/mol. The molecule has 0 saturated carbocycles. The summed E-state index contributed by atoms with van der Waals surface area (Å²) in [5.41, 5.74) is 1.91. The van der Waals surface area contributed by atoms with Gasteiger partial charge in [-0.2, -0.15) is 0 Å². The summed E-state index contributed by atoms with van der Waals surface area (Å²) in [7, 11) is 1.63. The van der Waals surface area contributed by atoms with Gasteiger partial charge in [-0.1, -0.05) is 13.0 Å². The van der Waals surface area contributed by atoms with E-state index in [0.29, 0.717) is 19.7 Å². The van der Waals surface area contributed by atoms with Crippen LogP contribution < -0.4 is 4.90 Å². The molecule has 3 fully saturated rings. The van der Waals surface area contributed by atoms with Crippen LogP contribution in [0.2, 0.25) is 0 Å². The smallest absolute Gasteiger partial charge is 0.254 e. The number of likely N-dealkylation sites (tertiary alicyclic amines) is 1. The third kappa shape index (κ3) is 3.62. The Kier molecular flexibility index (Phi) is 5.58. The number of fused-ring (bicyclic) bond motifs is 2. The molecule has 0 spiro atoms. The van der Waals surface area contributed by atoms with Crippen LogP contribution in [0.1, 0.15) is 43.0 Å². The molecule has 28 heavy (non-hydrogen) atoms. The van der Waals surface area contributed by atoms with Gasteiger partial charge in [0.05, 0.1) is 12.5 Å². The molecule has 1 aromatic carbocycles. The van der Waals surface area contributed by atoms with Gasteiger partial charge in [0.1, 0.15) is 0 Å². The van der Waals surface area contributed by atoms with E-state index >= 15 is 0 Å². The third-order valence-corrected chi connectivity index (χ3v) is 6.43. The summed E-state index contributed by atoms with van der Waals surface area (Å²) >= 11 is 0. The molecule has 4 rings (SSSR count). The molecular formula is C22H31N3O3. The molecule has 2 bridgehead atoms. The summed E-state index contributed by atoms with van der Waals surface area (Å²) in [5, 5.41) is 0. The summed E-state index contributed by atoms with van der Waals surface area (Å²) in [5.74, 6) is 0.125. The van der Waals surface area contributed by atoms with Crippen LogP contribution in [0.5, 0.6) is 0 Å². The Labute approximate surface area is 167 Å². The first-order valence-electron chi connectivity index (χ1n) is 10.5. The zero-order valence-electron chi connectivity index (χ0n) is 17.0. The highest BCUT2D eigenvalue weighted by Crippen LogP contribution is 2.32. The Morgan fingerprint density at radius 3 is 2.46 bits per heavy atom. The molecule has 6 heteroatoms. The van der Waals surface area contributed by atoms with E-state index in [-0.39, 0.29) is 29.8 Å². The molecule has 3 aliphatic heterocycles. The number of anilines is 1. The van der Waals surface area contributed by atoms with Crippen LogP contribution in [0.3, 0.4) is 0 Å². The summed E-state index contributed by atoms with van der Waals surface area (Å²) in [4.78, 5) is 32.4. The van der Waals surface area contributed by atoms with Gasteiger partial charge in [-0.25, -0.2) is 0 Å². The number of methoxy groups -OCH3 is 1. The number of rotatable bonds is 5. The monoisotopic (exact) mass is 385 g/mol. The first-order valence-corrected chi connectivity index (χ1v) is 10.5. The van der Waals surface area contributed by atoms with Gasteiger partial charge in [0.15, 0.2) is 0 Å². The zero-order valence-corrected chi connectivity index (χ0v) is 17.0. The van der Waals surface area contributed by atoms with Gasteiger partial charge in [0.25, 0.3) is 5.91 Å². The Balaban J connectivity index is 1.45. The molecule has 3 heterocycles. The van der Waals surface area contributed by atoms with Crippen molar-refractivity contribution in [2.45, 2.75) is 44.7 Å². The molecule has 0 aliphatic carbocycles. The largest absolute Gasteiger partial charge is 0.384 e. The Hall–Kier alpha value is -2.08. The number of carbonyl (C=O) groups is 2. The van der Waals surface area contributed by atoms with E-state index in [1.807, 2.05) is 34.9 Å². The van der Waals surface area contributed by atoms with Gasteiger partial charge in [-0.15, -0.1) is 0 Å². The SMILES string of the molecule is COC[C@H](C)C(=O)N1[C@@H]2CC[C@H]1CN(C(=O)c1cccc(N3CCCC3)c1)C2. The maximum Gasteiger partial charge on any atom is 0.254 e. The quantitative estimate of drug-likeness (QED) is 0.781. The normalized spacial score (nSPS) is 25.3. The average molecular weight is 386 g/mol. The number of hydrogen-bond donors (Lipinski definition) is 0. The van der Waals surface area contributed by atoms with E-state index in [0.717, 1.165) is 37.2 Å². The lowest BCUT2D eigenvalue weighted by atomic mass is 10.1. The van der Waals surface area contributed by atoms with E-state index < -0.39 is 0 Å². The van der Waals surface area contributed by atoms with Crippen molar-refractivity contribution in [1.29, 1.82) is 0 Å². The summed E-state index contributed by atoms with van der Waals surface area (Å²) < 4.78 is 5.16. The lowest BCUT2D eigenvalue weighted by Gasteiger charge is -2.42. The molecule has 3 aliphatic rings. The Morgan fingerprint density at radius 1 is 1.14 bits per heavy atom. The van der Waals surface area contributed by atoms with E-state index in [9.17, 15) is 9.59 Å². The van der Waals surface area contributed by atoms with Crippen LogP contribution in [0, 0.1) is 5.92 Å². The fourth-order valence-electron chi connectivity index (χ4n) is 5.00. The second-order valence-corrected chi connectivity index (χ2v) is 8.44. The fraction of sp³-hybridized carbons (Fsp3) is 0.636. The minimum Gasteiger partial charge on any atom is -0.384 e. The van der Waals surface area contributed by atoms with Crippen molar-refractivity contribution in [3.8, 4) is 0 Å². The highest BCUT2D eigenvalue weighted by atomic mass is 16.5. The Morgan fingerprint density at radius 2 is 1.82 bits per heavy atom. The molecule has 2 amide bonds. The van der Waals surface area contributed by atoms with Crippen molar-refractivity contribution in [1.82, 2.24) is 9.80 Å². The highest BCUT2D eigenvalue weighted by Gasteiger charge is 2.44. The molecule has 6 nitrogen and oxygen atoms in total. The number of carbonyl (C=O) groups excluding carboxylic acids is 2. The van der Waals surface area contributed by atoms with E-state index in [1.54, 1.807) is 7.11 Å². The first kappa shape index (κ1) is 19.2. The van der Waals surface area contributed by atoms with Crippen molar-refractivity contribution in [2.24, 2.45) is 5.92 Å². The van der Waals surface area contributed by atoms with Crippen LogP contribution in [-0.2, 0) is 9.53 Å². The molecule has 3 saturated heterocycles. The van der Waals surface area contributed by atoms with Crippen LogP contribution >= 0.6 is 0 Å². The number of benzene rings is 1. The van der Waals surface area contributed by atoms with Gasteiger partial charge in [-0.05, 0) is 43.9 Å². The summed E-state index contributed by atoms with van der Waals surface area (Å²) in [6.07, 6.45) is 4.40. The third-order valence-electron chi connectivity index (χ3n) is 6.43. The van der Waals surface area contributed by atoms with Gasteiger partial charge in [-0.3, -0.25) is 9.59 Å². The molecule has 152 valence electrons. The van der Waals surface area contributed by atoms with E-state index in [2.05, 4.69) is 11.0 Å². The molecule has 3 atom stereocenters. The maximum atomic E-state index is 13.2. The fourth-order valence-corrected chi connectivity index (χ4v) is 5.00. The lowest BCUT2D eigenvalue weighted by molar-refractivity contribution is -0.142. The minimum atomic E-state index is -0.132. The standard InChI is InChI=1S/C22H31N3O3/c1-16(15-28-2)21(26)25-19-8-9-20(25)14-24(13-19)22(27)17-6-5-7-18(12-17)23-10-3-4-11-23/h5-7,12,16,19-20H,3-4,8-11,13-15H2,1-2H3/t16-,19-,20+/m0/s1. The Bertz CT molecular complexity index is 717. The second-order valence-electron chi connectivity index (χ2n) is 8.44. The average Bonchev–Trinajstić information content (AvgIpc) is 3.33. The van der Waals surface area contributed by atoms with Crippen LogP contribution in [0.4, 0.5) is 5.69 Å². The predicted octanol–water partition coefficient (Wildman–Crippen LogP) is 2.38. The zero-order chi connectivity index (χ0) is 19.7. The van der Waals surface area contributed by atoms with Crippen LogP contribution in [-0.4, -0.2) is 73.6 Å². The van der Waals surface area contributed by atoms with E-state index in [1.165, 1.54) is 12.8 Å². The van der Waals surface area contributed by atoms with Crippen molar-refractivity contribution < 1.29 is 14.3 Å². The number of nitrogens with zero attached hydrogens (tertiary/aromatic N) is 3. The van der Waals surface area contributed by atoms with Gasteiger partial charge in [0, 0.05) is 56.6 Å².